The van der Waals surface area contributed by atoms with E-state index in [1.165, 1.54) is 0 Å². The monoisotopic (exact) mass is 323 g/mol. The van der Waals surface area contributed by atoms with E-state index >= 15 is 0 Å². The summed E-state index contributed by atoms with van der Waals surface area (Å²) < 4.78 is 12.4. The second-order valence-corrected chi connectivity index (χ2v) is 6.14. The first-order chi connectivity index (χ1) is 10.9. The van der Waals surface area contributed by atoms with E-state index in [0.29, 0.717) is 38.9 Å². The Morgan fingerprint density at radius 1 is 1.35 bits per heavy atom. The quantitative estimate of drug-likeness (QED) is 0.776. The van der Waals surface area contributed by atoms with Crippen molar-refractivity contribution in [3.05, 3.63) is 18.0 Å². The van der Waals surface area contributed by atoms with E-state index < -0.39 is 0 Å². The molecule has 2 heterocycles. The summed E-state index contributed by atoms with van der Waals surface area (Å²) in [6.45, 7) is 7.25. The molecule has 0 saturated carbocycles. The van der Waals surface area contributed by atoms with Crippen molar-refractivity contribution in [2.75, 3.05) is 13.1 Å². The van der Waals surface area contributed by atoms with Crippen molar-refractivity contribution < 1.29 is 19.1 Å². The molecule has 0 atom stereocenters. The van der Waals surface area contributed by atoms with Gasteiger partial charge in [0, 0.05) is 32.1 Å². The van der Waals surface area contributed by atoms with Gasteiger partial charge in [0.25, 0.3) is 0 Å². The zero-order valence-electron chi connectivity index (χ0n) is 14.0. The molecule has 1 fully saturated rings. The van der Waals surface area contributed by atoms with Crippen LogP contribution in [0.1, 0.15) is 38.7 Å². The van der Waals surface area contributed by atoms with Gasteiger partial charge in [-0.25, -0.2) is 4.79 Å². The summed E-state index contributed by atoms with van der Waals surface area (Å²) in [6.07, 6.45) is 4.73. The number of aryl methyl sites for hydroxylation is 2. The topological polar surface area (TPSA) is 73.7 Å². The van der Waals surface area contributed by atoms with Crippen LogP contribution in [0.15, 0.2) is 12.4 Å². The summed E-state index contributed by atoms with van der Waals surface area (Å²) in [7, 11) is 0. The van der Waals surface area contributed by atoms with Crippen LogP contribution in [0.25, 0.3) is 0 Å². The summed E-state index contributed by atoms with van der Waals surface area (Å²) in [5, 5.41) is 4.14. The number of esters is 1. The summed E-state index contributed by atoms with van der Waals surface area (Å²) in [4.78, 5) is 25.3. The SMILES string of the molecule is Cc1cnn(CCC(=O)OC2CCN(C(=O)OC(C)C)CC2)c1. The van der Waals surface area contributed by atoms with E-state index in [0.717, 1.165) is 5.56 Å². The highest BCUT2D eigenvalue weighted by atomic mass is 16.6. The van der Waals surface area contributed by atoms with E-state index in [9.17, 15) is 9.59 Å². The Kier molecular flexibility index (Phi) is 6.01. The standard InChI is InChI=1S/C16H25N3O4/c1-12(2)22-16(21)18-7-4-14(5-8-18)23-15(20)6-9-19-11-13(3)10-17-19/h10-12,14H,4-9H2,1-3H3. The van der Waals surface area contributed by atoms with Crippen molar-refractivity contribution in [3.8, 4) is 0 Å². The van der Waals surface area contributed by atoms with Crippen LogP contribution < -0.4 is 0 Å². The van der Waals surface area contributed by atoms with Gasteiger partial charge in [-0.3, -0.25) is 9.48 Å². The van der Waals surface area contributed by atoms with Gasteiger partial charge in [0.05, 0.1) is 25.3 Å². The smallest absolute Gasteiger partial charge is 0.410 e. The van der Waals surface area contributed by atoms with Crippen LogP contribution in [0, 0.1) is 6.92 Å². The number of piperidine rings is 1. The molecule has 7 heteroatoms. The molecule has 1 aromatic rings. The second kappa shape index (κ2) is 7.99. The molecule has 1 aliphatic heterocycles. The molecule has 128 valence electrons. The summed E-state index contributed by atoms with van der Waals surface area (Å²) in [6, 6.07) is 0. The lowest BCUT2D eigenvalue weighted by Crippen LogP contribution is -2.42. The maximum Gasteiger partial charge on any atom is 0.410 e. The highest BCUT2D eigenvalue weighted by molar-refractivity contribution is 5.70. The Morgan fingerprint density at radius 2 is 2.04 bits per heavy atom. The average Bonchev–Trinajstić information content (AvgIpc) is 2.91. The molecular formula is C16H25N3O4. The first-order valence-electron chi connectivity index (χ1n) is 8.08. The third kappa shape index (κ3) is 5.58. The van der Waals surface area contributed by atoms with Crippen molar-refractivity contribution in [1.82, 2.24) is 14.7 Å². The molecule has 1 aliphatic rings. The molecule has 23 heavy (non-hydrogen) atoms. The van der Waals surface area contributed by atoms with E-state index in [1.54, 1.807) is 15.8 Å². The molecule has 1 saturated heterocycles. The molecule has 2 rings (SSSR count). The van der Waals surface area contributed by atoms with Gasteiger partial charge in [0.2, 0.25) is 0 Å². The first kappa shape index (κ1) is 17.3. The maximum atomic E-state index is 11.9. The van der Waals surface area contributed by atoms with Gasteiger partial charge in [-0.1, -0.05) is 0 Å². The van der Waals surface area contributed by atoms with Crippen molar-refractivity contribution in [2.24, 2.45) is 0 Å². The van der Waals surface area contributed by atoms with Crippen molar-refractivity contribution in [3.63, 3.8) is 0 Å². The fraction of sp³-hybridized carbons (Fsp3) is 0.688. The van der Waals surface area contributed by atoms with Crippen LogP contribution in [0.4, 0.5) is 4.79 Å². The minimum Gasteiger partial charge on any atom is -0.462 e. The van der Waals surface area contributed by atoms with E-state index in [2.05, 4.69) is 5.10 Å². The van der Waals surface area contributed by atoms with Crippen molar-refractivity contribution >= 4 is 12.1 Å². The molecule has 1 amide bonds. The highest BCUT2D eigenvalue weighted by Crippen LogP contribution is 2.16. The zero-order chi connectivity index (χ0) is 16.8. The summed E-state index contributed by atoms with van der Waals surface area (Å²) in [5.41, 5.74) is 1.07. The molecule has 0 radical (unpaired) electrons. The van der Waals surface area contributed by atoms with Crippen molar-refractivity contribution in [1.29, 1.82) is 0 Å². The van der Waals surface area contributed by atoms with Crippen molar-refractivity contribution in [2.45, 2.75) is 58.8 Å². The predicted octanol–water partition coefficient (Wildman–Crippen LogP) is 2.13. The Bertz CT molecular complexity index is 533. The number of rotatable bonds is 5. The van der Waals surface area contributed by atoms with E-state index in [-0.39, 0.29) is 24.3 Å². The number of hydrogen-bond donors (Lipinski definition) is 0. The van der Waals surface area contributed by atoms with Gasteiger partial charge in [-0.05, 0) is 26.3 Å². The Hall–Kier alpha value is -2.05. The van der Waals surface area contributed by atoms with Gasteiger partial charge in [-0.15, -0.1) is 0 Å². The Balaban J connectivity index is 1.67. The largest absolute Gasteiger partial charge is 0.462 e. The molecular weight excluding hydrogens is 298 g/mol. The Morgan fingerprint density at radius 3 is 2.61 bits per heavy atom. The number of amides is 1. The third-order valence-corrected chi connectivity index (χ3v) is 3.64. The van der Waals surface area contributed by atoms with Crippen LogP contribution in [-0.4, -0.2) is 52.0 Å². The van der Waals surface area contributed by atoms with E-state index in [1.807, 2.05) is 27.0 Å². The average molecular weight is 323 g/mol. The van der Waals surface area contributed by atoms with Crippen LogP contribution in [-0.2, 0) is 20.8 Å². The maximum absolute atomic E-state index is 11.9. The molecule has 0 spiro atoms. The van der Waals surface area contributed by atoms with Gasteiger partial charge in [0.15, 0.2) is 0 Å². The number of likely N-dealkylation sites (tertiary alicyclic amines) is 1. The predicted molar refractivity (Wildman–Crippen MR) is 83.9 cm³/mol. The number of hydrogen-bond acceptors (Lipinski definition) is 5. The first-order valence-corrected chi connectivity index (χ1v) is 8.08. The molecule has 1 aromatic heterocycles. The third-order valence-electron chi connectivity index (χ3n) is 3.64. The van der Waals surface area contributed by atoms with Crippen LogP contribution in [0.5, 0.6) is 0 Å². The van der Waals surface area contributed by atoms with Gasteiger partial charge >= 0.3 is 12.1 Å². The van der Waals surface area contributed by atoms with Crippen LogP contribution >= 0.6 is 0 Å². The zero-order valence-corrected chi connectivity index (χ0v) is 14.0. The van der Waals surface area contributed by atoms with Crippen LogP contribution in [0.2, 0.25) is 0 Å². The molecule has 0 aromatic carbocycles. The number of carbonyl (C=O) groups excluding carboxylic acids is 2. The van der Waals surface area contributed by atoms with Crippen LogP contribution in [0.3, 0.4) is 0 Å². The molecule has 0 unspecified atom stereocenters. The minimum absolute atomic E-state index is 0.120. The number of nitrogens with zero attached hydrogens (tertiary/aromatic N) is 3. The fourth-order valence-electron chi connectivity index (χ4n) is 2.47. The molecule has 0 N–H and O–H groups in total. The van der Waals surface area contributed by atoms with Gasteiger partial charge in [-0.2, -0.15) is 5.10 Å². The minimum atomic E-state index is -0.293. The van der Waals surface area contributed by atoms with E-state index in [4.69, 9.17) is 9.47 Å². The fourth-order valence-corrected chi connectivity index (χ4v) is 2.47. The lowest BCUT2D eigenvalue weighted by molar-refractivity contribution is -0.151. The lowest BCUT2D eigenvalue weighted by atomic mass is 10.1. The molecule has 7 nitrogen and oxygen atoms in total. The Labute approximate surface area is 136 Å². The number of ether oxygens (including phenoxy) is 2. The highest BCUT2D eigenvalue weighted by Gasteiger charge is 2.26. The second-order valence-electron chi connectivity index (χ2n) is 6.14. The molecule has 0 bridgehead atoms. The number of carbonyl (C=O) groups is 2. The van der Waals surface area contributed by atoms with Gasteiger partial charge < -0.3 is 14.4 Å². The summed E-state index contributed by atoms with van der Waals surface area (Å²) >= 11 is 0. The summed E-state index contributed by atoms with van der Waals surface area (Å²) in [5.74, 6) is -0.221. The number of aromatic nitrogens is 2. The normalized spacial score (nSPS) is 15.7. The molecule has 0 aliphatic carbocycles. The lowest BCUT2D eigenvalue weighted by Gasteiger charge is -2.31. The van der Waals surface area contributed by atoms with Gasteiger partial charge in [0.1, 0.15) is 6.10 Å².